The van der Waals surface area contributed by atoms with Crippen LogP contribution >= 0.6 is 11.8 Å². The maximum Gasteiger partial charge on any atom is 0.173 e. The highest BCUT2D eigenvalue weighted by atomic mass is 32.2. The lowest BCUT2D eigenvalue weighted by Crippen LogP contribution is -2.27. The number of rotatable bonds is 5. The number of nitrogens with zero attached hydrogens (tertiary/aromatic N) is 2. The normalized spacial score (nSPS) is 22.8. The molecule has 0 bridgehead atoms. The van der Waals surface area contributed by atoms with Gasteiger partial charge in [0.1, 0.15) is 12.2 Å². The van der Waals surface area contributed by atoms with Gasteiger partial charge in [-0.1, -0.05) is 11.2 Å². The molecule has 0 aromatic heterocycles. The molecule has 1 aromatic rings. The standard InChI is InChI=1S/C14H21N3O3S/c1-19-10-7-17(8-11(10)20-2)9-5-4-6-12(21-3)13(9)14(15)16-18/h4-6,10-11,18H,7-8H2,1-3H3,(H2,15,16). The molecule has 1 aromatic carbocycles. The highest BCUT2D eigenvalue weighted by Gasteiger charge is 2.34. The van der Waals surface area contributed by atoms with E-state index in [0.717, 1.165) is 16.1 Å². The molecule has 116 valence electrons. The Morgan fingerprint density at radius 2 is 1.95 bits per heavy atom. The molecule has 0 spiro atoms. The second-order valence-electron chi connectivity index (χ2n) is 4.79. The lowest BCUT2D eigenvalue weighted by Gasteiger charge is -2.22. The fourth-order valence-electron chi connectivity index (χ4n) is 2.65. The third-order valence-corrected chi connectivity index (χ3v) is 4.53. The molecule has 3 N–H and O–H groups in total. The van der Waals surface area contributed by atoms with Crippen molar-refractivity contribution in [3.05, 3.63) is 23.8 Å². The van der Waals surface area contributed by atoms with Crippen LogP contribution in [0, 0.1) is 0 Å². The molecule has 21 heavy (non-hydrogen) atoms. The molecular weight excluding hydrogens is 290 g/mol. The van der Waals surface area contributed by atoms with Crippen LogP contribution in [0.1, 0.15) is 5.56 Å². The first-order chi connectivity index (χ1) is 10.2. The molecular formula is C14H21N3O3S. The predicted molar refractivity (Wildman–Crippen MR) is 84.5 cm³/mol. The van der Waals surface area contributed by atoms with E-state index < -0.39 is 0 Å². The average Bonchev–Trinajstić information content (AvgIpc) is 2.96. The van der Waals surface area contributed by atoms with E-state index in [9.17, 15) is 0 Å². The van der Waals surface area contributed by atoms with Crippen molar-refractivity contribution in [2.45, 2.75) is 17.1 Å². The van der Waals surface area contributed by atoms with Gasteiger partial charge in [-0.3, -0.25) is 0 Å². The first-order valence-electron chi connectivity index (χ1n) is 6.61. The van der Waals surface area contributed by atoms with Crippen molar-refractivity contribution in [1.29, 1.82) is 0 Å². The summed E-state index contributed by atoms with van der Waals surface area (Å²) >= 11 is 1.56. The van der Waals surface area contributed by atoms with E-state index in [1.807, 2.05) is 24.5 Å². The van der Waals surface area contributed by atoms with Gasteiger partial charge < -0.3 is 25.3 Å². The monoisotopic (exact) mass is 311 g/mol. The van der Waals surface area contributed by atoms with Gasteiger partial charge in [-0.15, -0.1) is 11.8 Å². The Labute approximate surface area is 128 Å². The summed E-state index contributed by atoms with van der Waals surface area (Å²) in [5.41, 5.74) is 7.55. The second kappa shape index (κ2) is 7.02. The van der Waals surface area contributed by atoms with Crippen LogP contribution in [0.3, 0.4) is 0 Å². The minimum Gasteiger partial charge on any atom is -0.409 e. The summed E-state index contributed by atoms with van der Waals surface area (Å²) in [6.45, 7) is 1.41. The molecule has 2 atom stereocenters. The Bertz CT molecular complexity index is 512. The number of ether oxygens (including phenoxy) is 2. The first kappa shape index (κ1) is 15.9. The van der Waals surface area contributed by atoms with Gasteiger partial charge in [0, 0.05) is 37.9 Å². The average molecular weight is 311 g/mol. The Morgan fingerprint density at radius 1 is 1.33 bits per heavy atom. The zero-order valence-corrected chi connectivity index (χ0v) is 13.3. The van der Waals surface area contributed by atoms with Crippen LogP contribution < -0.4 is 10.6 Å². The minimum atomic E-state index is 0.00748. The topological polar surface area (TPSA) is 80.3 Å². The molecule has 1 heterocycles. The van der Waals surface area contributed by atoms with Gasteiger partial charge in [-0.2, -0.15) is 0 Å². The van der Waals surface area contributed by atoms with Crippen molar-refractivity contribution < 1.29 is 14.7 Å². The number of benzene rings is 1. The van der Waals surface area contributed by atoms with E-state index in [1.54, 1.807) is 26.0 Å². The van der Waals surface area contributed by atoms with Crippen molar-refractivity contribution in [2.24, 2.45) is 10.9 Å². The van der Waals surface area contributed by atoms with E-state index in [4.69, 9.17) is 20.4 Å². The molecule has 1 saturated heterocycles. The number of hydrogen-bond donors (Lipinski definition) is 2. The smallest absolute Gasteiger partial charge is 0.173 e. The molecule has 1 aliphatic heterocycles. The predicted octanol–water partition coefficient (Wildman–Crippen LogP) is 1.35. The number of amidine groups is 1. The molecule has 2 unspecified atom stereocenters. The van der Waals surface area contributed by atoms with Crippen LogP contribution in [0.2, 0.25) is 0 Å². The minimum absolute atomic E-state index is 0.00748. The van der Waals surface area contributed by atoms with Crippen LogP contribution in [0.5, 0.6) is 0 Å². The first-order valence-corrected chi connectivity index (χ1v) is 7.84. The maximum atomic E-state index is 9.06. The van der Waals surface area contributed by atoms with Crippen LogP contribution in [0.15, 0.2) is 28.3 Å². The van der Waals surface area contributed by atoms with E-state index >= 15 is 0 Å². The number of nitrogens with two attached hydrogens (primary N) is 1. The van der Waals surface area contributed by atoms with Crippen LogP contribution in [-0.2, 0) is 9.47 Å². The summed E-state index contributed by atoms with van der Waals surface area (Å²) < 4.78 is 10.9. The second-order valence-corrected chi connectivity index (χ2v) is 5.64. The molecule has 0 amide bonds. The molecule has 0 saturated carbocycles. The molecule has 0 radical (unpaired) electrons. The number of oxime groups is 1. The molecule has 0 aliphatic carbocycles. The summed E-state index contributed by atoms with van der Waals surface area (Å²) in [6.07, 6.45) is 1.98. The van der Waals surface area contributed by atoms with E-state index in [1.165, 1.54) is 0 Å². The summed E-state index contributed by atoms with van der Waals surface area (Å²) in [4.78, 5) is 3.12. The van der Waals surface area contributed by atoms with Gasteiger partial charge >= 0.3 is 0 Å². The number of thioether (sulfide) groups is 1. The lowest BCUT2D eigenvalue weighted by atomic mass is 10.1. The van der Waals surface area contributed by atoms with Crippen molar-refractivity contribution >= 4 is 23.3 Å². The van der Waals surface area contributed by atoms with Gasteiger partial charge in [0.05, 0.1) is 5.56 Å². The number of anilines is 1. The van der Waals surface area contributed by atoms with Crippen molar-refractivity contribution in [3.63, 3.8) is 0 Å². The van der Waals surface area contributed by atoms with Gasteiger partial charge in [-0.25, -0.2) is 0 Å². The SMILES string of the molecule is COC1CN(c2cccc(SC)c2/C(N)=N/O)CC1OC. The summed E-state index contributed by atoms with van der Waals surface area (Å²) in [6, 6.07) is 5.90. The zero-order valence-electron chi connectivity index (χ0n) is 12.4. The van der Waals surface area contributed by atoms with E-state index in [0.29, 0.717) is 13.1 Å². The van der Waals surface area contributed by atoms with Gasteiger partial charge in [-0.05, 0) is 18.4 Å². The van der Waals surface area contributed by atoms with Crippen LogP contribution in [-0.4, -0.2) is 56.8 Å². The summed E-state index contributed by atoms with van der Waals surface area (Å²) in [5.74, 6) is 0.116. The van der Waals surface area contributed by atoms with E-state index in [2.05, 4.69) is 10.1 Å². The maximum absolute atomic E-state index is 9.06. The molecule has 6 nitrogen and oxygen atoms in total. The lowest BCUT2D eigenvalue weighted by molar-refractivity contribution is -0.00461. The summed E-state index contributed by atoms with van der Waals surface area (Å²) in [7, 11) is 3.37. The molecule has 2 rings (SSSR count). The van der Waals surface area contributed by atoms with Crippen molar-refractivity contribution in [1.82, 2.24) is 0 Å². The quantitative estimate of drug-likeness (QED) is 0.281. The summed E-state index contributed by atoms with van der Waals surface area (Å²) in [5, 5.41) is 12.2. The Morgan fingerprint density at radius 3 is 2.43 bits per heavy atom. The zero-order chi connectivity index (χ0) is 15.4. The van der Waals surface area contributed by atoms with Crippen LogP contribution in [0.25, 0.3) is 0 Å². The van der Waals surface area contributed by atoms with Crippen LogP contribution in [0.4, 0.5) is 5.69 Å². The largest absolute Gasteiger partial charge is 0.409 e. The molecule has 1 fully saturated rings. The third kappa shape index (κ3) is 3.09. The number of methoxy groups -OCH3 is 2. The number of hydrogen-bond acceptors (Lipinski definition) is 6. The Balaban J connectivity index is 2.41. The third-order valence-electron chi connectivity index (χ3n) is 3.75. The highest BCUT2D eigenvalue weighted by Crippen LogP contribution is 2.32. The Hall–Kier alpha value is -1.44. The Kier molecular flexibility index (Phi) is 5.33. The van der Waals surface area contributed by atoms with Crippen molar-refractivity contribution in [2.75, 3.05) is 38.5 Å². The van der Waals surface area contributed by atoms with Gasteiger partial charge in [0.15, 0.2) is 5.84 Å². The van der Waals surface area contributed by atoms with Crippen molar-refractivity contribution in [3.8, 4) is 0 Å². The van der Waals surface area contributed by atoms with Gasteiger partial charge in [0.25, 0.3) is 0 Å². The fraction of sp³-hybridized carbons (Fsp3) is 0.500. The molecule has 1 aliphatic rings. The highest BCUT2D eigenvalue weighted by molar-refractivity contribution is 7.98. The molecule has 7 heteroatoms. The van der Waals surface area contributed by atoms with Gasteiger partial charge in [0.2, 0.25) is 0 Å². The fourth-order valence-corrected chi connectivity index (χ4v) is 3.28. The van der Waals surface area contributed by atoms with E-state index in [-0.39, 0.29) is 18.0 Å².